The molecule has 0 aromatic rings. The molecule has 0 aliphatic heterocycles. The molecule has 0 amide bonds. The van der Waals surface area contributed by atoms with Crippen LogP contribution in [0.25, 0.3) is 0 Å². The van der Waals surface area contributed by atoms with Gasteiger partial charge in [0.15, 0.2) is 0 Å². The third kappa shape index (κ3) is 11.9. The van der Waals surface area contributed by atoms with E-state index in [9.17, 15) is 4.57 Å². The molecule has 1 unspecified atom stereocenters. The Morgan fingerprint density at radius 2 is 1.20 bits per heavy atom. The minimum atomic E-state index is -2.78. The Labute approximate surface area is 126 Å². The van der Waals surface area contributed by atoms with Crippen LogP contribution >= 0.6 is 7.60 Å². The van der Waals surface area contributed by atoms with Crippen LogP contribution in [0, 0.1) is 0 Å². The van der Waals surface area contributed by atoms with Crippen molar-refractivity contribution >= 4 is 7.60 Å². The van der Waals surface area contributed by atoms with E-state index in [-0.39, 0.29) is 0 Å². The van der Waals surface area contributed by atoms with Gasteiger partial charge in [-0.2, -0.15) is 0 Å². The van der Waals surface area contributed by atoms with Gasteiger partial charge < -0.3 is 9.05 Å². The van der Waals surface area contributed by atoms with Crippen molar-refractivity contribution in [2.24, 2.45) is 0 Å². The van der Waals surface area contributed by atoms with Crippen LogP contribution in [-0.2, 0) is 13.6 Å². The van der Waals surface area contributed by atoms with Gasteiger partial charge in [0.1, 0.15) is 0 Å². The summed E-state index contributed by atoms with van der Waals surface area (Å²) in [5, 5.41) is 0. The lowest BCUT2D eigenvalue weighted by Gasteiger charge is -2.15. The molecule has 4 heteroatoms. The molecule has 3 nitrogen and oxygen atoms in total. The maximum atomic E-state index is 12.0. The van der Waals surface area contributed by atoms with Crippen molar-refractivity contribution in [1.29, 1.82) is 0 Å². The van der Waals surface area contributed by atoms with Crippen LogP contribution in [0.4, 0.5) is 0 Å². The number of rotatable bonds is 15. The maximum Gasteiger partial charge on any atom is 0.330 e. The molecule has 0 fully saturated rings. The van der Waals surface area contributed by atoms with E-state index >= 15 is 0 Å². The first kappa shape index (κ1) is 20.1. The fourth-order valence-electron chi connectivity index (χ4n) is 2.21. The summed E-state index contributed by atoms with van der Waals surface area (Å²) >= 11 is 0. The summed E-state index contributed by atoms with van der Waals surface area (Å²) in [6.45, 7) is 7.00. The summed E-state index contributed by atoms with van der Waals surface area (Å²) in [5.41, 5.74) is 0. The molecule has 0 rings (SSSR count). The lowest BCUT2D eigenvalue weighted by Crippen LogP contribution is -1.99. The Morgan fingerprint density at radius 1 is 0.700 bits per heavy atom. The van der Waals surface area contributed by atoms with Gasteiger partial charge in [0.2, 0.25) is 0 Å². The first-order valence-corrected chi connectivity index (χ1v) is 10.3. The van der Waals surface area contributed by atoms with E-state index in [1.807, 2.05) is 13.8 Å². The van der Waals surface area contributed by atoms with Gasteiger partial charge in [-0.15, -0.1) is 0 Å². The van der Waals surface area contributed by atoms with Crippen LogP contribution in [0.15, 0.2) is 0 Å². The normalized spacial score (nSPS) is 14.3. The average Bonchev–Trinajstić information content (AvgIpc) is 2.45. The molecule has 0 aliphatic rings. The van der Waals surface area contributed by atoms with Gasteiger partial charge >= 0.3 is 7.60 Å². The van der Waals surface area contributed by atoms with Crippen molar-refractivity contribution in [2.45, 2.75) is 85.0 Å². The highest BCUT2D eigenvalue weighted by atomic mass is 31.2. The van der Waals surface area contributed by atoms with Gasteiger partial charge in [-0.05, 0) is 13.3 Å². The van der Waals surface area contributed by atoms with Gasteiger partial charge in [-0.3, -0.25) is 4.57 Å². The summed E-state index contributed by atoms with van der Waals surface area (Å²) in [5.74, 6) is 0. The van der Waals surface area contributed by atoms with Crippen LogP contribution in [0.2, 0.25) is 0 Å². The molecule has 0 aromatic heterocycles. The third-order valence-corrected chi connectivity index (χ3v) is 5.50. The molecular weight excluding hydrogens is 271 g/mol. The molecule has 0 aromatic carbocycles. The van der Waals surface area contributed by atoms with Crippen molar-refractivity contribution in [1.82, 2.24) is 0 Å². The number of hydrogen-bond acceptors (Lipinski definition) is 3. The maximum absolute atomic E-state index is 12.0. The molecule has 0 N–H and O–H groups in total. The van der Waals surface area contributed by atoms with E-state index in [1.165, 1.54) is 57.8 Å². The largest absolute Gasteiger partial charge is 0.330 e. The second kappa shape index (κ2) is 14.1. The van der Waals surface area contributed by atoms with E-state index in [0.29, 0.717) is 19.4 Å². The second-order valence-corrected chi connectivity index (χ2v) is 7.73. The van der Waals surface area contributed by atoms with Gasteiger partial charge in [0, 0.05) is 6.16 Å². The Bertz CT molecular complexity index is 244. The van der Waals surface area contributed by atoms with E-state index in [1.54, 1.807) is 0 Å². The second-order valence-electron chi connectivity index (χ2n) is 5.36. The number of unbranched alkanes of at least 4 members (excludes halogenated alkanes) is 9. The van der Waals surface area contributed by atoms with E-state index in [4.69, 9.17) is 9.05 Å². The zero-order chi connectivity index (χ0) is 15.1. The van der Waals surface area contributed by atoms with E-state index in [2.05, 4.69) is 6.92 Å². The smallest absolute Gasteiger partial charge is 0.309 e. The molecule has 0 heterocycles. The number of hydrogen-bond donors (Lipinski definition) is 0. The fraction of sp³-hybridized carbons (Fsp3) is 1.00. The van der Waals surface area contributed by atoms with Crippen LogP contribution < -0.4 is 0 Å². The molecule has 0 spiro atoms. The topological polar surface area (TPSA) is 35.5 Å². The fourth-order valence-corrected chi connectivity index (χ4v) is 3.45. The molecule has 0 radical (unpaired) electrons. The van der Waals surface area contributed by atoms with Crippen molar-refractivity contribution in [3.8, 4) is 0 Å². The first-order chi connectivity index (χ1) is 9.68. The molecule has 0 saturated carbocycles. The minimum absolute atomic E-state index is 0.461. The van der Waals surface area contributed by atoms with Crippen LogP contribution in [-0.4, -0.2) is 19.4 Å². The molecule has 0 bridgehead atoms. The summed E-state index contributed by atoms with van der Waals surface area (Å²) < 4.78 is 22.6. The standard InChI is InChI=1S/C16H35O3P/c1-4-7-8-9-10-11-12-13-14-15-16-19-20(17,6-3)18-5-2/h4-16H2,1-3H3. The van der Waals surface area contributed by atoms with Crippen molar-refractivity contribution in [3.05, 3.63) is 0 Å². The lowest BCUT2D eigenvalue weighted by atomic mass is 10.1. The lowest BCUT2D eigenvalue weighted by molar-refractivity contribution is 0.209. The summed E-state index contributed by atoms with van der Waals surface area (Å²) in [4.78, 5) is 0. The monoisotopic (exact) mass is 306 g/mol. The molecule has 0 aliphatic carbocycles. The minimum Gasteiger partial charge on any atom is -0.309 e. The highest BCUT2D eigenvalue weighted by Gasteiger charge is 2.20. The van der Waals surface area contributed by atoms with Crippen LogP contribution in [0.3, 0.4) is 0 Å². The van der Waals surface area contributed by atoms with Gasteiger partial charge in [0.05, 0.1) is 13.2 Å². The summed E-state index contributed by atoms with van der Waals surface area (Å²) in [7, 11) is -2.78. The predicted octanol–water partition coefficient (Wildman–Crippen LogP) is 6.17. The third-order valence-electron chi connectivity index (χ3n) is 3.50. The molecule has 20 heavy (non-hydrogen) atoms. The van der Waals surface area contributed by atoms with Crippen LogP contribution in [0.5, 0.6) is 0 Å². The molecule has 0 saturated heterocycles. The average molecular weight is 306 g/mol. The van der Waals surface area contributed by atoms with Gasteiger partial charge in [-0.1, -0.05) is 71.6 Å². The Morgan fingerprint density at radius 3 is 1.65 bits per heavy atom. The molecule has 122 valence electrons. The predicted molar refractivity (Wildman–Crippen MR) is 87.6 cm³/mol. The van der Waals surface area contributed by atoms with E-state index in [0.717, 1.165) is 6.42 Å². The van der Waals surface area contributed by atoms with Crippen molar-refractivity contribution < 1.29 is 13.6 Å². The zero-order valence-electron chi connectivity index (χ0n) is 13.9. The van der Waals surface area contributed by atoms with Gasteiger partial charge in [-0.25, -0.2) is 0 Å². The highest BCUT2D eigenvalue weighted by Crippen LogP contribution is 2.47. The summed E-state index contributed by atoms with van der Waals surface area (Å²) in [6.07, 6.45) is 13.5. The molecule has 1 atom stereocenters. The quantitative estimate of drug-likeness (QED) is 0.268. The van der Waals surface area contributed by atoms with E-state index < -0.39 is 7.60 Å². The first-order valence-electron chi connectivity index (χ1n) is 8.56. The van der Waals surface area contributed by atoms with Crippen molar-refractivity contribution in [3.63, 3.8) is 0 Å². The molecular formula is C16H35O3P. The summed E-state index contributed by atoms with van der Waals surface area (Å²) in [6, 6.07) is 0. The Hall–Kier alpha value is 0.150. The Kier molecular flexibility index (Phi) is 14.2. The highest BCUT2D eigenvalue weighted by molar-refractivity contribution is 7.53. The van der Waals surface area contributed by atoms with Crippen molar-refractivity contribution in [2.75, 3.05) is 19.4 Å². The zero-order valence-corrected chi connectivity index (χ0v) is 14.8. The van der Waals surface area contributed by atoms with Gasteiger partial charge in [0.25, 0.3) is 0 Å². The Balaban J connectivity index is 3.30. The van der Waals surface area contributed by atoms with Crippen LogP contribution in [0.1, 0.15) is 85.0 Å². The SMILES string of the molecule is CCCCCCCCCCCCOP(=O)(CC)OCC.